The third-order valence-electron chi connectivity index (χ3n) is 3.90. The maximum absolute atomic E-state index is 11.8. The lowest BCUT2D eigenvalue weighted by Gasteiger charge is -2.26. The zero-order chi connectivity index (χ0) is 15.7. The Morgan fingerprint density at radius 3 is 2.95 bits per heavy atom. The monoisotopic (exact) mass is 320 g/mol. The van der Waals surface area contributed by atoms with Crippen molar-refractivity contribution < 1.29 is 9.53 Å². The second-order valence-corrected chi connectivity index (χ2v) is 6.51. The minimum absolute atomic E-state index is 0.186. The van der Waals surface area contributed by atoms with Gasteiger partial charge in [-0.05, 0) is 19.8 Å². The number of hydrogen-bond donors (Lipinski definition) is 0. The van der Waals surface area contributed by atoms with Crippen LogP contribution in [0.1, 0.15) is 25.5 Å². The highest BCUT2D eigenvalue weighted by atomic mass is 32.1. The van der Waals surface area contributed by atoms with E-state index in [0.29, 0.717) is 12.6 Å². The number of carbonyl (C=O) groups is 1. The normalized spacial score (nSPS) is 16.0. The molecule has 7 heteroatoms. The topological polar surface area (TPSA) is 60.2 Å². The average Bonchev–Trinajstić information content (AvgIpc) is 3.09. The first-order valence-corrected chi connectivity index (χ1v) is 8.23. The van der Waals surface area contributed by atoms with E-state index < -0.39 is 0 Å². The highest BCUT2D eigenvalue weighted by Gasteiger charge is 2.35. The second-order valence-electron chi connectivity index (χ2n) is 5.65. The standard InChI is InChI=1S/C15H20N4O2S/c1-10(15(20)21-3)19(13-4-5-13)8-12-9-22-14(17-12)11-6-16-18(2)7-11/h6-7,9-10,13H,4-5,8H2,1-3H3. The molecule has 0 amide bonds. The second kappa shape index (κ2) is 6.18. The molecule has 1 aliphatic rings. The molecule has 2 aromatic heterocycles. The van der Waals surface area contributed by atoms with Crippen molar-refractivity contribution in [2.75, 3.05) is 7.11 Å². The fraction of sp³-hybridized carbons (Fsp3) is 0.533. The van der Waals surface area contributed by atoms with Crippen molar-refractivity contribution in [2.24, 2.45) is 7.05 Å². The molecule has 0 bridgehead atoms. The highest BCUT2D eigenvalue weighted by Crippen LogP contribution is 2.31. The van der Waals surface area contributed by atoms with Gasteiger partial charge in [0.1, 0.15) is 11.0 Å². The molecule has 2 heterocycles. The number of hydrogen-bond acceptors (Lipinski definition) is 6. The van der Waals surface area contributed by atoms with Gasteiger partial charge in [0.05, 0.1) is 19.0 Å². The van der Waals surface area contributed by atoms with E-state index in [2.05, 4.69) is 20.4 Å². The Kier molecular flexibility index (Phi) is 4.26. The maximum atomic E-state index is 11.8. The summed E-state index contributed by atoms with van der Waals surface area (Å²) in [6.07, 6.45) is 6.05. The molecule has 0 aromatic carbocycles. The van der Waals surface area contributed by atoms with Gasteiger partial charge in [-0.15, -0.1) is 11.3 Å². The molecule has 118 valence electrons. The summed E-state index contributed by atoms with van der Waals surface area (Å²) in [7, 11) is 3.33. The fourth-order valence-electron chi connectivity index (χ4n) is 2.53. The molecule has 1 aliphatic carbocycles. The zero-order valence-electron chi connectivity index (χ0n) is 13.0. The Morgan fingerprint density at radius 2 is 2.36 bits per heavy atom. The average molecular weight is 320 g/mol. The largest absolute Gasteiger partial charge is 0.468 e. The Balaban J connectivity index is 1.73. The molecule has 22 heavy (non-hydrogen) atoms. The van der Waals surface area contributed by atoms with Gasteiger partial charge in [0, 0.05) is 36.8 Å². The number of ether oxygens (including phenoxy) is 1. The number of thiazole rings is 1. The molecule has 0 spiro atoms. The van der Waals surface area contributed by atoms with E-state index in [-0.39, 0.29) is 12.0 Å². The molecule has 0 radical (unpaired) electrons. The van der Waals surface area contributed by atoms with Crippen LogP contribution in [0.15, 0.2) is 17.8 Å². The zero-order valence-corrected chi connectivity index (χ0v) is 13.8. The van der Waals surface area contributed by atoms with Crippen LogP contribution in [0.25, 0.3) is 10.6 Å². The van der Waals surface area contributed by atoms with E-state index in [1.807, 2.05) is 26.4 Å². The van der Waals surface area contributed by atoms with Crippen molar-refractivity contribution in [3.63, 3.8) is 0 Å². The highest BCUT2D eigenvalue weighted by molar-refractivity contribution is 7.13. The van der Waals surface area contributed by atoms with Crippen LogP contribution in [-0.4, -0.2) is 44.8 Å². The summed E-state index contributed by atoms with van der Waals surface area (Å²) < 4.78 is 6.65. The van der Waals surface area contributed by atoms with Crippen LogP contribution < -0.4 is 0 Å². The van der Waals surface area contributed by atoms with Gasteiger partial charge in [-0.25, -0.2) is 4.98 Å². The van der Waals surface area contributed by atoms with Crippen molar-refractivity contribution >= 4 is 17.3 Å². The quantitative estimate of drug-likeness (QED) is 0.763. The lowest BCUT2D eigenvalue weighted by Crippen LogP contribution is -2.40. The van der Waals surface area contributed by atoms with Gasteiger partial charge in [-0.1, -0.05) is 0 Å². The number of aryl methyl sites for hydroxylation is 1. The summed E-state index contributed by atoms with van der Waals surface area (Å²) in [5, 5.41) is 7.20. The summed E-state index contributed by atoms with van der Waals surface area (Å²) in [6.45, 7) is 2.58. The van der Waals surface area contributed by atoms with Gasteiger partial charge in [-0.3, -0.25) is 14.4 Å². The first-order chi connectivity index (χ1) is 10.6. The molecule has 2 aromatic rings. The Morgan fingerprint density at radius 1 is 1.59 bits per heavy atom. The first kappa shape index (κ1) is 15.2. The molecule has 1 saturated carbocycles. The molecule has 1 fully saturated rings. The smallest absolute Gasteiger partial charge is 0.322 e. The molecule has 1 unspecified atom stereocenters. The minimum atomic E-state index is -0.235. The molecule has 0 saturated heterocycles. The van der Waals surface area contributed by atoms with Gasteiger partial charge >= 0.3 is 5.97 Å². The molecule has 6 nitrogen and oxygen atoms in total. The summed E-state index contributed by atoms with van der Waals surface area (Å²) in [5.74, 6) is -0.186. The molecule has 3 rings (SSSR count). The van der Waals surface area contributed by atoms with Crippen LogP contribution in [0.2, 0.25) is 0 Å². The van der Waals surface area contributed by atoms with Crippen LogP contribution in [0.3, 0.4) is 0 Å². The number of nitrogens with zero attached hydrogens (tertiary/aromatic N) is 4. The van der Waals surface area contributed by atoms with Gasteiger partial charge in [0.2, 0.25) is 0 Å². The Labute approximate surface area is 133 Å². The van der Waals surface area contributed by atoms with E-state index in [1.165, 1.54) is 7.11 Å². The van der Waals surface area contributed by atoms with Crippen LogP contribution in [-0.2, 0) is 23.1 Å². The summed E-state index contributed by atoms with van der Waals surface area (Å²) in [5.41, 5.74) is 2.02. The van der Waals surface area contributed by atoms with Gasteiger partial charge in [0.25, 0.3) is 0 Å². The van der Waals surface area contributed by atoms with Crippen molar-refractivity contribution in [3.8, 4) is 10.6 Å². The predicted molar refractivity (Wildman–Crippen MR) is 84.4 cm³/mol. The molecule has 0 aliphatic heterocycles. The van der Waals surface area contributed by atoms with E-state index in [0.717, 1.165) is 29.1 Å². The number of esters is 1. The summed E-state index contributed by atoms with van der Waals surface area (Å²) in [4.78, 5) is 18.7. The van der Waals surface area contributed by atoms with Gasteiger partial charge in [-0.2, -0.15) is 5.10 Å². The Hall–Kier alpha value is -1.73. The third kappa shape index (κ3) is 3.20. The predicted octanol–water partition coefficient (Wildman–Crippen LogP) is 2.07. The number of methoxy groups -OCH3 is 1. The van der Waals surface area contributed by atoms with Crippen molar-refractivity contribution in [3.05, 3.63) is 23.5 Å². The van der Waals surface area contributed by atoms with E-state index in [1.54, 1.807) is 16.0 Å². The minimum Gasteiger partial charge on any atom is -0.468 e. The maximum Gasteiger partial charge on any atom is 0.322 e. The first-order valence-electron chi connectivity index (χ1n) is 7.35. The molecule has 1 atom stereocenters. The van der Waals surface area contributed by atoms with Crippen molar-refractivity contribution in [2.45, 2.75) is 38.4 Å². The Bertz CT molecular complexity index is 662. The summed E-state index contributed by atoms with van der Waals surface area (Å²) in [6, 6.07) is 0.235. The number of rotatable bonds is 6. The van der Waals surface area contributed by atoms with Crippen LogP contribution in [0.4, 0.5) is 0 Å². The van der Waals surface area contributed by atoms with Crippen molar-refractivity contribution in [1.29, 1.82) is 0 Å². The third-order valence-corrected chi connectivity index (χ3v) is 4.84. The van der Waals surface area contributed by atoms with Crippen molar-refractivity contribution in [1.82, 2.24) is 19.7 Å². The van der Waals surface area contributed by atoms with Crippen LogP contribution in [0, 0.1) is 0 Å². The SMILES string of the molecule is COC(=O)C(C)N(Cc1csc(-c2cnn(C)c2)n1)C1CC1. The van der Waals surface area contributed by atoms with E-state index in [4.69, 9.17) is 4.74 Å². The van der Waals surface area contributed by atoms with E-state index in [9.17, 15) is 4.79 Å². The molecule has 0 N–H and O–H groups in total. The lowest BCUT2D eigenvalue weighted by atomic mass is 10.2. The molecular weight excluding hydrogens is 300 g/mol. The fourth-order valence-corrected chi connectivity index (χ4v) is 3.31. The lowest BCUT2D eigenvalue weighted by molar-refractivity contribution is -0.146. The number of aromatic nitrogens is 3. The van der Waals surface area contributed by atoms with E-state index >= 15 is 0 Å². The van der Waals surface area contributed by atoms with Gasteiger partial charge < -0.3 is 4.74 Å². The number of carbonyl (C=O) groups excluding carboxylic acids is 1. The summed E-state index contributed by atoms with van der Waals surface area (Å²) >= 11 is 1.61. The van der Waals surface area contributed by atoms with Gasteiger partial charge in [0.15, 0.2) is 0 Å². The van der Waals surface area contributed by atoms with Crippen LogP contribution >= 0.6 is 11.3 Å². The van der Waals surface area contributed by atoms with Crippen LogP contribution in [0.5, 0.6) is 0 Å². The molecular formula is C15H20N4O2S.